The van der Waals surface area contributed by atoms with Crippen LogP contribution >= 0.6 is 0 Å². The molecule has 0 atom stereocenters. The SMILES string of the molecule is Cc1cccc2cc(C=O)n(C(C)C)c12. The summed E-state index contributed by atoms with van der Waals surface area (Å²) < 4.78 is 2.09. The summed E-state index contributed by atoms with van der Waals surface area (Å²) >= 11 is 0. The Hall–Kier alpha value is -1.57. The monoisotopic (exact) mass is 201 g/mol. The van der Waals surface area contributed by atoms with Crippen LogP contribution < -0.4 is 0 Å². The van der Waals surface area contributed by atoms with E-state index in [1.807, 2.05) is 18.2 Å². The molecule has 0 bridgehead atoms. The molecule has 0 fully saturated rings. The summed E-state index contributed by atoms with van der Waals surface area (Å²) in [5.74, 6) is 0. The molecular formula is C13H15NO. The third kappa shape index (κ3) is 1.46. The van der Waals surface area contributed by atoms with Gasteiger partial charge in [-0.3, -0.25) is 4.79 Å². The molecule has 0 radical (unpaired) electrons. The Morgan fingerprint density at radius 1 is 1.33 bits per heavy atom. The number of carbonyl (C=O) groups is 1. The van der Waals surface area contributed by atoms with Crippen LogP contribution in [0.3, 0.4) is 0 Å². The standard InChI is InChI=1S/C13H15NO/c1-9(2)14-12(8-15)7-11-6-4-5-10(3)13(11)14/h4-9H,1-3H3. The van der Waals surface area contributed by atoms with E-state index < -0.39 is 0 Å². The average molecular weight is 201 g/mol. The van der Waals surface area contributed by atoms with E-state index in [0.29, 0.717) is 6.04 Å². The fourth-order valence-electron chi connectivity index (χ4n) is 2.13. The van der Waals surface area contributed by atoms with Crippen LogP contribution in [0.5, 0.6) is 0 Å². The third-order valence-corrected chi connectivity index (χ3v) is 2.73. The van der Waals surface area contributed by atoms with Gasteiger partial charge < -0.3 is 4.57 Å². The van der Waals surface area contributed by atoms with Gasteiger partial charge in [0.15, 0.2) is 6.29 Å². The number of aldehydes is 1. The number of carbonyl (C=O) groups excluding carboxylic acids is 1. The van der Waals surface area contributed by atoms with Crippen molar-refractivity contribution in [3.8, 4) is 0 Å². The molecule has 0 aliphatic rings. The van der Waals surface area contributed by atoms with Crippen molar-refractivity contribution in [3.63, 3.8) is 0 Å². The van der Waals surface area contributed by atoms with Gasteiger partial charge >= 0.3 is 0 Å². The number of fused-ring (bicyclic) bond motifs is 1. The van der Waals surface area contributed by atoms with Gasteiger partial charge in [-0.15, -0.1) is 0 Å². The lowest BCUT2D eigenvalue weighted by molar-refractivity contribution is 0.111. The van der Waals surface area contributed by atoms with E-state index in [9.17, 15) is 4.79 Å². The smallest absolute Gasteiger partial charge is 0.166 e. The van der Waals surface area contributed by atoms with Crippen LogP contribution in [0.2, 0.25) is 0 Å². The molecule has 15 heavy (non-hydrogen) atoms. The van der Waals surface area contributed by atoms with Gasteiger partial charge in [-0.25, -0.2) is 0 Å². The topological polar surface area (TPSA) is 22.0 Å². The molecule has 2 heteroatoms. The second-order valence-corrected chi connectivity index (χ2v) is 4.16. The molecule has 1 heterocycles. The number of para-hydroxylation sites is 1. The fraction of sp³-hybridized carbons (Fsp3) is 0.308. The number of hydrogen-bond acceptors (Lipinski definition) is 1. The summed E-state index contributed by atoms with van der Waals surface area (Å²) in [6.45, 7) is 6.27. The van der Waals surface area contributed by atoms with Crippen molar-refractivity contribution in [2.24, 2.45) is 0 Å². The predicted octanol–water partition coefficient (Wildman–Crippen LogP) is 3.34. The van der Waals surface area contributed by atoms with Gasteiger partial charge in [-0.2, -0.15) is 0 Å². The largest absolute Gasteiger partial charge is 0.336 e. The van der Waals surface area contributed by atoms with Crippen LogP contribution in [0.25, 0.3) is 10.9 Å². The highest BCUT2D eigenvalue weighted by molar-refractivity contribution is 5.90. The second-order valence-electron chi connectivity index (χ2n) is 4.16. The number of hydrogen-bond donors (Lipinski definition) is 0. The second kappa shape index (κ2) is 3.54. The molecule has 0 unspecified atom stereocenters. The molecule has 0 saturated carbocycles. The third-order valence-electron chi connectivity index (χ3n) is 2.73. The fourth-order valence-corrected chi connectivity index (χ4v) is 2.13. The quantitative estimate of drug-likeness (QED) is 0.683. The molecule has 0 saturated heterocycles. The maximum absolute atomic E-state index is 11.0. The predicted molar refractivity (Wildman–Crippen MR) is 62.4 cm³/mol. The number of aryl methyl sites for hydroxylation is 1. The highest BCUT2D eigenvalue weighted by Crippen LogP contribution is 2.25. The van der Waals surface area contributed by atoms with Crippen molar-refractivity contribution in [2.45, 2.75) is 26.8 Å². The van der Waals surface area contributed by atoms with Gasteiger partial charge in [0.25, 0.3) is 0 Å². The van der Waals surface area contributed by atoms with Crippen molar-refractivity contribution in [2.75, 3.05) is 0 Å². The van der Waals surface area contributed by atoms with E-state index in [1.54, 1.807) is 0 Å². The van der Waals surface area contributed by atoms with E-state index >= 15 is 0 Å². The van der Waals surface area contributed by atoms with Crippen molar-refractivity contribution >= 4 is 17.2 Å². The summed E-state index contributed by atoms with van der Waals surface area (Å²) in [4.78, 5) is 11.0. The van der Waals surface area contributed by atoms with Crippen LogP contribution in [-0.2, 0) is 0 Å². The normalized spacial score (nSPS) is 11.2. The summed E-state index contributed by atoms with van der Waals surface area (Å²) in [5.41, 5.74) is 3.15. The maximum atomic E-state index is 11.0. The van der Waals surface area contributed by atoms with Crippen molar-refractivity contribution in [1.29, 1.82) is 0 Å². The van der Waals surface area contributed by atoms with E-state index in [-0.39, 0.29) is 0 Å². The Bertz CT molecular complexity index is 508. The highest BCUT2D eigenvalue weighted by atomic mass is 16.1. The lowest BCUT2D eigenvalue weighted by atomic mass is 10.1. The number of aromatic nitrogens is 1. The molecule has 0 amide bonds. The van der Waals surface area contributed by atoms with Gasteiger partial charge in [-0.1, -0.05) is 18.2 Å². The number of benzene rings is 1. The molecule has 2 nitrogen and oxygen atoms in total. The zero-order valence-electron chi connectivity index (χ0n) is 9.32. The molecule has 1 aromatic carbocycles. The summed E-state index contributed by atoms with van der Waals surface area (Å²) in [7, 11) is 0. The molecule has 0 aliphatic heterocycles. The molecule has 0 N–H and O–H groups in total. The zero-order chi connectivity index (χ0) is 11.0. The van der Waals surface area contributed by atoms with Crippen LogP contribution in [0.4, 0.5) is 0 Å². The molecule has 2 aromatic rings. The molecule has 78 valence electrons. The van der Waals surface area contributed by atoms with Crippen LogP contribution in [0.15, 0.2) is 24.3 Å². The Balaban J connectivity index is 2.88. The van der Waals surface area contributed by atoms with E-state index in [4.69, 9.17) is 0 Å². The van der Waals surface area contributed by atoms with Crippen molar-refractivity contribution in [3.05, 3.63) is 35.5 Å². The van der Waals surface area contributed by atoms with Gasteiger partial charge in [-0.05, 0) is 32.4 Å². The lowest BCUT2D eigenvalue weighted by Gasteiger charge is -2.13. The minimum absolute atomic E-state index is 0.309. The average Bonchev–Trinajstić information content (AvgIpc) is 2.57. The Kier molecular flexibility index (Phi) is 2.35. The minimum Gasteiger partial charge on any atom is -0.336 e. The molecule has 1 aromatic heterocycles. The van der Waals surface area contributed by atoms with Gasteiger partial charge in [0.05, 0.1) is 11.2 Å². The van der Waals surface area contributed by atoms with Crippen LogP contribution in [-0.4, -0.2) is 10.9 Å². The van der Waals surface area contributed by atoms with E-state index in [2.05, 4.69) is 31.4 Å². The summed E-state index contributed by atoms with van der Waals surface area (Å²) in [6, 6.07) is 8.42. The number of nitrogens with zero attached hydrogens (tertiary/aromatic N) is 1. The molecule has 0 spiro atoms. The lowest BCUT2D eigenvalue weighted by Crippen LogP contribution is -2.05. The zero-order valence-corrected chi connectivity index (χ0v) is 9.32. The molecular weight excluding hydrogens is 186 g/mol. The van der Waals surface area contributed by atoms with Gasteiger partial charge in [0.2, 0.25) is 0 Å². The van der Waals surface area contributed by atoms with Crippen LogP contribution in [0.1, 0.15) is 35.9 Å². The highest BCUT2D eigenvalue weighted by Gasteiger charge is 2.11. The Morgan fingerprint density at radius 3 is 2.67 bits per heavy atom. The first kappa shape index (κ1) is 9.97. The summed E-state index contributed by atoms with van der Waals surface area (Å²) in [5, 5.41) is 1.14. The summed E-state index contributed by atoms with van der Waals surface area (Å²) in [6.07, 6.45) is 0.930. The van der Waals surface area contributed by atoms with E-state index in [1.165, 1.54) is 11.1 Å². The van der Waals surface area contributed by atoms with Gasteiger partial charge in [0, 0.05) is 11.4 Å². The first-order valence-corrected chi connectivity index (χ1v) is 5.21. The van der Waals surface area contributed by atoms with E-state index in [0.717, 1.165) is 17.4 Å². The van der Waals surface area contributed by atoms with Gasteiger partial charge in [0.1, 0.15) is 0 Å². The Morgan fingerprint density at radius 2 is 2.07 bits per heavy atom. The number of rotatable bonds is 2. The first-order valence-electron chi connectivity index (χ1n) is 5.21. The molecule has 2 rings (SSSR count). The van der Waals surface area contributed by atoms with Crippen molar-refractivity contribution < 1.29 is 4.79 Å². The maximum Gasteiger partial charge on any atom is 0.166 e. The van der Waals surface area contributed by atoms with Crippen molar-refractivity contribution in [1.82, 2.24) is 4.57 Å². The van der Waals surface area contributed by atoms with Crippen LogP contribution in [0, 0.1) is 6.92 Å². The Labute approximate surface area is 89.5 Å². The minimum atomic E-state index is 0.309. The molecule has 0 aliphatic carbocycles. The first-order chi connectivity index (χ1) is 7.15.